The number of benzene rings is 2. The molecule has 0 unspecified atom stereocenters. The Hall–Kier alpha value is -3.69. The Kier molecular flexibility index (Phi) is 4.14. The van der Waals surface area contributed by atoms with E-state index >= 15 is 0 Å². The molecule has 0 atom stereocenters. The standard InChI is InChI=1S/C19H11F3N2O5/c1-27-16(25)10-7-9-8-5-3-4-6-11(8)29-15-12(9)14(13(10)17(26)28-2)23-18(24-15)19(20,21)22/h3-7H,1-2H3. The Labute approximate surface area is 161 Å². The van der Waals surface area contributed by atoms with E-state index in [0.29, 0.717) is 11.1 Å². The molecule has 1 aliphatic heterocycles. The van der Waals surface area contributed by atoms with Gasteiger partial charge in [0.1, 0.15) is 11.3 Å². The average Bonchev–Trinajstić information content (AvgIpc) is 2.71. The molecule has 0 saturated carbocycles. The van der Waals surface area contributed by atoms with Crippen molar-refractivity contribution in [2.24, 2.45) is 0 Å². The second kappa shape index (κ2) is 6.43. The Bertz CT molecular complexity index is 1190. The van der Waals surface area contributed by atoms with Crippen molar-refractivity contribution in [1.82, 2.24) is 9.97 Å². The molecule has 0 saturated heterocycles. The maximum atomic E-state index is 13.4. The van der Waals surface area contributed by atoms with Gasteiger partial charge in [-0.2, -0.15) is 18.2 Å². The molecule has 1 aliphatic rings. The molecule has 148 valence electrons. The quantitative estimate of drug-likeness (QED) is 0.467. The molecule has 0 spiro atoms. The summed E-state index contributed by atoms with van der Waals surface area (Å²) in [5.41, 5.74) is -0.332. The minimum atomic E-state index is -4.92. The number of carbonyl (C=O) groups excluding carboxylic acids is 2. The fourth-order valence-electron chi connectivity index (χ4n) is 3.16. The summed E-state index contributed by atoms with van der Waals surface area (Å²) in [6, 6.07) is 7.86. The number of methoxy groups -OCH3 is 2. The molecule has 3 aromatic rings. The Balaban J connectivity index is 2.22. The maximum absolute atomic E-state index is 13.4. The SMILES string of the molecule is COC(=O)c1cc2c3c(nc(C(F)(F)F)nc3c1C(=O)OC)Oc1ccccc1-2. The van der Waals surface area contributed by atoms with E-state index in [0.717, 1.165) is 14.2 Å². The molecule has 4 rings (SSSR count). The summed E-state index contributed by atoms with van der Waals surface area (Å²) < 4.78 is 55.1. The number of nitrogens with zero attached hydrogens (tertiary/aromatic N) is 2. The van der Waals surface area contributed by atoms with Crippen LogP contribution in [0.2, 0.25) is 0 Å². The molecule has 29 heavy (non-hydrogen) atoms. The topological polar surface area (TPSA) is 87.6 Å². The first kappa shape index (κ1) is 18.7. The van der Waals surface area contributed by atoms with Crippen LogP contribution in [0.4, 0.5) is 13.2 Å². The summed E-state index contributed by atoms with van der Waals surface area (Å²) in [7, 11) is 2.12. The lowest BCUT2D eigenvalue weighted by Crippen LogP contribution is -2.18. The first-order chi connectivity index (χ1) is 13.8. The van der Waals surface area contributed by atoms with Gasteiger partial charge in [-0.15, -0.1) is 0 Å². The minimum Gasteiger partial charge on any atom is -0.465 e. The van der Waals surface area contributed by atoms with Crippen LogP contribution in [0.25, 0.3) is 22.0 Å². The summed E-state index contributed by atoms with van der Waals surface area (Å²) in [6.07, 6.45) is -4.92. The van der Waals surface area contributed by atoms with E-state index in [1.807, 2.05) is 0 Å². The zero-order valence-corrected chi connectivity index (χ0v) is 15.0. The molecule has 0 fully saturated rings. The van der Waals surface area contributed by atoms with Crippen molar-refractivity contribution in [3.8, 4) is 22.8 Å². The zero-order chi connectivity index (χ0) is 20.9. The van der Waals surface area contributed by atoms with Crippen molar-refractivity contribution >= 4 is 22.8 Å². The summed E-state index contributed by atoms with van der Waals surface area (Å²) in [5.74, 6) is -3.63. The number of hydrogen-bond donors (Lipinski definition) is 0. The summed E-state index contributed by atoms with van der Waals surface area (Å²) in [4.78, 5) is 31.8. The lowest BCUT2D eigenvalue weighted by molar-refractivity contribution is -0.144. The van der Waals surface area contributed by atoms with Crippen molar-refractivity contribution in [3.05, 3.63) is 47.3 Å². The Morgan fingerprint density at radius 1 is 1.00 bits per heavy atom. The largest absolute Gasteiger partial charge is 0.465 e. The highest BCUT2D eigenvalue weighted by Crippen LogP contribution is 2.47. The van der Waals surface area contributed by atoms with Crippen molar-refractivity contribution < 1.29 is 37.0 Å². The second-order valence-electron chi connectivity index (χ2n) is 6.00. The van der Waals surface area contributed by atoms with Crippen LogP contribution in [0.1, 0.15) is 26.5 Å². The van der Waals surface area contributed by atoms with Gasteiger partial charge in [0, 0.05) is 11.1 Å². The number of aromatic nitrogens is 2. The third kappa shape index (κ3) is 2.84. The van der Waals surface area contributed by atoms with Crippen molar-refractivity contribution in [1.29, 1.82) is 0 Å². The third-order valence-corrected chi connectivity index (χ3v) is 4.37. The first-order valence-corrected chi connectivity index (χ1v) is 8.16. The lowest BCUT2D eigenvalue weighted by Gasteiger charge is -2.23. The number of alkyl halides is 3. The van der Waals surface area contributed by atoms with Crippen LogP contribution < -0.4 is 4.74 Å². The highest BCUT2D eigenvalue weighted by atomic mass is 19.4. The normalized spacial score (nSPS) is 12.2. The van der Waals surface area contributed by atoms with Gasteiger partial charge < -0.3 is 14.2 Å². The summed E-state index contributed by atoms with van der Waals surface area (Å²) in [6.45, 7) is 0. The predicted octanol–water partition coefficient (Wildman–Crippen LogP) is 3.99. The predicted molar refractivity (Wildman–Crippen MR) is 92.7 cm³/mol. The molecule has 0 aliphatic carbocycles. The Morgan fingerprint density at radius 3 is 2.34 bits per heavy atom. The molecule has 0 bridgehead atoms. The number of fused-ring (bicyclic) bond motifs is 2. The average molecular weight is 404 g/mol. The number of halogens is 3. The van der Waals surface area contributed by atoms with Gasteiger partial charge in [0.2, 0.25) is 11.7 Å². The van der Waals surface area contributed by atoms with Crippen LogP contribution in [0.5, 0.6) is 11.6 Å². The molecule has 1 aromatic heterocycles. The van der Waals surface area contributed by atoms with Crippen LogP contribution in [0, 0.1) is 0 Å². The van der Waals surface area contributed by atoms with Crippen LogP contribution in [-0.4, -0.2) is 36.1 Å². The third-order valence-electron chi connectivity index (χ3n) is 4.37. The fourth-order valence-corrected chi connectivity index (χ4v) is 3.16. The highest BCUT2D eigenvalue weighted by molar-refractivity contribution is 6.17. The number of ether oxygens (including phenoxy) is 3. The van der Waals surface area contributed by atoms with Gasteiger partial charge in [-0.3, -0.25) is 0 Å². The number of hydrogen-bond acceptors (Lipinski definition) is 7. The second-order valence-corrected chi connectivity index (χ2v) is 6.00. The molecule has 10 heteroatoms. The van der Waals surface area contributed by atoms with Crippen LogP contribution in [0.3, 0.4) is 0 Å². The Morgan fingerprint density at radius 2 is 1.69 bits per heavy atom. The van der Waals surface area contributed by atoms with Crippen LogP contribution in [-0.2, 0) is 15.7 Å². The fraction of sp³-hybridized carbons (Fsp3) is 0.158. The van der Waals surface area contributed by atoms with E-state index in [1.165, 1.54) is 6.07 Å². The van der Waals surface area contributed by atoms with Crippen molar-refractivity contribution in [2.75, 3.05) is 14.2 Å². The lowest BCUT2D eigenvalue weighted by atomic mass is 9.92. The zero-order valence-electron chi connectivity index (χ0n) is 15.0. The van der Waals surface area contributed by atoms with Crippen molar-refractivity contribution in [2.45, 2.75) is 6.18 Å². The highest BCUT2D eigenvalue weighted by Gasteiger charge is 2.39. The van der Waals surface area contributed by atoms with E-state index < -0.39 is 35.0 Å². The van der Waals surface area contributed by atoms with Crippen molar-refractivity contribution in [3.63, 3.8) is 0 Å². The van der Waals surface area contributed by atoms with E-state index in [2.05, 4.69) is 14.7 Å². The monoisotopic (exact) mass is 404 g/mol. The van der Waals surface area contributed by atoms with Gasteiger partial charge in [-0.25, -0.2) is 14.6 Å². The molecule has 0 N–H and O–H groups in total. The molecule has 0 radical (unpaired) electrons. The molecule has 0 amide bonds. The maximum Gasteiger partial charge on any atom is 0.451 e. The van der Waals surface area contributed by atoms with E-state index in [9.17, 15) is 22.8 Å². The van der Waals surface area contributed by atoms with Gasteiger partial charge in [0.25, 0.3) is 0 Å². The van der Waals surface area contributed by atoms with Gasteiger partial charge in [-0.05, 0) is 12.1 Å². The van der Waals surface area contributed by atoms with Gasteiger partial charge in [0.15, 0.2) is 0 Å². The molecule has 2 heterocycles. The first-order valence-electron chi connectivity index (χ1n) is 8.16. The van der Waals surface area contributed by atoms with Gasteiger partial charge in [0.05, 0.1) is 30.7 Å². The molecular formula is C19H11F3N2O5. The van der Waals surface area contributed by atoms with E-state index in [-0.39, 0.29) is 22.6 Å². The number of para-hydroxylation sites is 1. The van der Waals surface area contributed by atoms with Crippen LogP contribution >= 0.6 is 0 Å². The van der Waals surface area contributed by atoms with Gasteiger partial charge in [-0.1, -0.05) is 18.2 Å². The minimum absolute atomic E-state index is 0.0600. The number of carbonyl (C=O) groups is 2. The summed E-state index contributed by atoms with van der Waals surface area (Å²) in [5, 5.41) is 0.0600. The van der Waals surface area contributed by atoms with E-state index in [1.54, 1.807) is 24.3 Å². The van der Waals surface area contributed by atoms with E-state index in [4.69, 9.17) is 9.47 Å². The number of esters is 2. The van der Waals surface area contributed by atoms with Gasteiger partial charge >= 0.3 is 18.1 Å². The summed E-state index contributed by atoms with van der Waals surface area (Å²) >= 11 is 0. The number of rotatable bonds is 2. The molecule has 2 aromatic carbocycles. The molecular weight excluding hydrogens is 393 g/mol. The van der Waals surface area contributed by atoms with Crippen LogP contribution in [0.15, 0.2) is 30.3 Å². The molecule has 7 nitrogen and oxygen atoms in total. The smallest absolute Gasteiger partial charge is 0.451 e.